The van der Waals surface area contributed by atoms with Crippen molar-refractivity contribution in [2.24, 2.45) is 0 Å². The summed E-state index contributed by atoms with van der Waals surface area (Å²) in [6, 6.07) is 5.93. The Kier molecular flexibility index (Phi) is 3.17. The van der Waals surface area contributed by atoms with E-state index in [9.17, 15) is 0 Å². The zero-order valence-electron chi connectivity index (χ0n) is 9.42. The maximum Gasteiger partial charge on any atom is 0.0727 e. The van der Waals surface area contributed by atoms with Gasteiger partial charge in [0.05, 0.1) is 12.2 Å². The smallest absolute Gasteiger partial charge is 0.0727 e. The van der Waals surface area contributed by atoms with Gasteiger partial charge in [-0.3, -0.25) is 0 Å². The van der Waals surface area contributed by atoms with Crippen LogP contribution in [0.1, 0.15) is 31.9 Å². The van der Waals surface area contributed by atoms with Gasteiger partial charge in [-0.15, -0.1) is 0 Å². The average molecular weight is 193 g/mol. The second kappa shape index (κ2) is 4.01. The molecule has 0 amide bonds. The minimum atomic E-state index is -0.100. The van der Waals surface area contributed by atoms with Crippen LogP contribution in [-0.4, -0.2) is 5.60 Å². The van der Waals surface area contributed by atoms with Crippen molar-refractivity contribution >= 4 is 5.69 Å². The average Bonchev–Trinajstić information content (AvgIpc) is 2.06. The summed E-state index contributed by atoms with van der Waals surface area (Å²) in [6.07, 6.45) is 0. The van der Waals surface area contributed by atoms with Gasteiger partial charge in [0.25, 0.3) is 0 Å². The summed E-state index contributed by atoms with van der Waals surface area (Å²) < 4.78 is 5.70. The van der Waals surface area contributed by atoms with E-state index in [-0.39, 0.29) is 5.60 Å². The summed E-state index contributed by atoms with van der Waals surface area (Å²) in [7, 11) is 0. The molecule has 1 aromatic rings. The molecular weight excluding hydrogens is 174 g/mol. The molecule has 0 atom stereocenters. The lowest BCUT2D eigenvalue weighted by Gasteiger charge is -2.20. The molecule has 14 heavy (non-hydrogen) atoms. The van der Waals surface area contributed by atoms with Gasteiger partial charge in [-0.1, -0.05) is 12.1 Å². The quantitative estimate of drug-likeness (QED) is 0.733. The second-order valence-electron chi connectivity index (χ2n) is 4.53. The van der Waals surface area contributed by atoms with Gasteiger partial charge in [0.15, 0.2) is 0 Å². The molecule has 0 saturated heterocycles. The van der Waals surface area contributed by atoms with Crippen LogP contribution in [0.3, 0.4) is 0 Å². The van der Waals surface area contributed by atoms with E-state index in [0.29, 0.717) is 6.61 Å². The van der Waals surface area contributed by atoms with Crippen LogP contribution >= 0.6 is 0 Å². The van der Waals surface area contributed by atoms with Gasteiger partial charge in [0.1, 0.15) is 0 Å². The maximum absolute atomic E-state index is 5.80. The largest absolute Gasteiger partial charge is 0.399 e. The van der Waals surface area contributed by atoms with Gasteiger partial charge >= 0.3 is 0 Å². The van der Waals surface area contributed by atoms with Crippen LogP contribution in [-0.2, 0) is 11.3 Å². The Hall–Kier alpha value is -1.02. The molecule has 2 heteroatoms. The number of hydrogen-bond acceptors (Lipinski definition) is 2. The molecule has 0 aliphatic heterocycles. The van der Waals surface area contributed by atoms with Crippen LogP contribution in [0, 0.1) is 6.92 Å². The SMILES string of the molecule is Cc1c(N)cccc1COC(C)(C)C. The van der Waals surface area contributed by atoms with Gasteiger partial charge in [0.2, 0.25) is 0 Å². The van der Waals surface area contributed by atoms with E-state index >= 15 is 0 Å². The van der Waals surface area contributed by atoms with Gasteiger partial charge in [0, 0.05) is 5.69 Å². The lowest BCUT2D eigenvalue weighted by molar-refractivity contribution is -0.0151. The first kappa shape index (κ1) is 11.1. The highest BCUT2D eigenvalue weighted by Gasteiger charge is 2.11. The van der Waals surface area contributed by atoms with Gasteiger partial charge in [-0.05, 0) is 44.9 Å². The summed E-state index contributed by atoms with van der Waals surface area (Å²) in [5.41, 5.74) is 8.83. The summed E-state index contributed by atoms with van der Waals surface area (Å²) in [4.78, 5) is 0. The van der Waals surface area contributed by atoms with Crippen molar-refractivity contribution in [3.63, 3.8) is 0 Å². The van der Waals surface area contributed by atoms with E-state index in [4.69, 9.17) is 10.5 Å². The highest BCUT2D eigenvalue weighted by molar-refractivity contribution is 5.49. The Morgan fingerprint density at radius 2 is 1.93 bits per heavy atom. The highest BCUT2D eigenvalue weighted by atomic mass is 16.5. The molecule has 78 valence electrons. The Morgan fingerprint density at radius 3 is 2.50 bits per heavy atom. The van der Waals surface area contributed by atoms with Crippen LogP contribution in [0.25, 0.3) is 0 Å². The highest BCUT2D eigenvalue weighted by Crippen LogP contribution is 2.18. The van der Waals surface area contributed by atoms with Crippen molar-refractivity contribution in [3.8, 4) is 0 Å². The van der Waals surface area contributed by atoms with Gasteiger partial charge in [-0.2, -0.15) is 0 Å². The van der Waals surface area contributed by atoms with Crippen LogP contribution in [0.4, 0.5) is 5.69 Å². The fourth-order valence-corrected chi connectivity index (χ4v) is 1.15. The van der Waals surface area contributed by atoms with Crippen LogP contribution in [0.5, 0.6) is 0 Å². The van der Waals surface area contributed by atoms with Gasteiger partial charge < -0.3 is 10.5 Å². The third-order valence-electron chi connectivity index (χ3n) is 2.15. The summed E-state index contributed by atoms with van der Waals surface area (Å²) in [6.45, 7) is 8.80. The number of ether oxygens (including phenoxy) is 1. The topological polar surface area (TPSA) is 35.2 Å². The molecule has 0 spiro atoms. The van der Waals surface area contributed by atoms with E-state index in [1.54, 1.807) is 0 Å². The number of rotatable bonds is 2. The molecule has 0 fully saturated rings. The molecule has 0 unspecified atom stereocenters. The minimum Gasteiger partial charge on any atom is -0.399 e. The normalized spacial score (nSPS) is 11.7. The lowest BCUT2D eigenvalue weighted by atomic mass is 10.1. The summed E-state index contributed by atoms with van der Waals surface area (Å²) in [5, 5.41) is 0. The first-order valence-corrected chi connectivity index (χ1v) is 4.88. The molecule has 2 nitrogen and oxygen atoms in total. The van der Waals surface area contributed by atoms with E-state index in [2.05, 4.69) is 26.8 Å². The number of nitrogens with two attached hydrogens (primary N) is 1. The molecule has 1 aromatic carbocycles. The van der Waals surface area contributed by atoms with E-state index in [0.717, 1.165) is 11.3 Å². The molecular formula is C12H19NO. The van der Waals surface area contributed by atoms with Crippen LogP contribution in [0.2, 0.25) is 0 Å². The fraction of sp³-hybridized carbons (Fsp3) is 0.500. The van der Waals surface area contributed by atoms with Crippen molar-refractivity contribution in [2.75, 3.05) is 5.73 Å². The molecule has 0 aromatic heterocycles. The number of anilines is 1. The Bertz CT molecular complexity index is 313. The fourth-order valence-electron chi connectivity index (χ4n) is 1.15. The molecule has 0 aliphatic rings. The summed E-state index contributed by atoms with van der Waals surface area (Å²) >= 11 is 0. The number of hydrogen-bond donors (Lipinski definition) is 1. The summed E-state index contributed by atoms with van der Waals surface area (Å²) in [5.74, 6) is 0. The molecule has 0 aliphatic carbocycles. The van der Waals surface area contributed by atoms with Crippen molar-refractivity contribution in [2.45, 2.75) is 39.9 Å². The number of nitrogen functional groups attached to an aromatic ring is 1. The van der Waals surface area contributed by atoms with Crippen molar-refractivity contribution in [1.29, 1.82) is 0 Å². The standard InChI is InChI=1S/C12H19NO/c1-9-10(6-5-7-11(9)13)8-14-12(2,3)4/h5-7H,8,13H2,1-4H3. The third kappa shape index (κ3) is 3.04. The first-order valence-electron chi connectivity index (χ1n) is 4.88. The zero-order valence-corrected chi connectivity index (χ0v) is 9.42. The molecule has 0 radical (unpaired) electrons. The van der Waals surface area contributed by atoms with E-state index in [1.165, 1.54) is 5.56 Å². The zero-order chi connectivity index (χ0) is 10.8. The molecule has 0 bridgehead atoms. The van der Waals surface area contributed by atoms with Gasteiger partial charge in [-0.25, -0.2) is 0 Å². The molecule has 2 N–H and O–H groups in total. The van der Waals surface area contributed by atoms with E-state index < -0.39 is 0 Å². The van der Waals surface area contributed by atoms with Crippen LogP contribution in [0.15, 0.2) is 18.2 Å². The monoisotopic (exact) mass is 193 g/mol. The minimum absolute atomic E-state index is 0.100. The lowest BCUT2D eigenvalue weighted by Crippen LogP contribution is -2.19. The Morgan fingerprint density at radius 1 is 1.29 bits per heavy atom. The van der Waals surface area contributed by atoms with Crippen molar-refractivity contribution in [3.05, 3.63) is 29.3 Å². The Labute approximate surface area is 86.1 Å². The maximum atomic E-state index is 5.80. The molecule has 1 rings (SSSR count). The van der Waals surface area contributed by atoms with Crippen molar-refractivity contribution in [1.82, 2.24) is 0 Å². The molecule has 0 saturated carbocycles. The predicted molar refractivity (Wildman–Crippen MR) is 60.1 cm³/mol. The second-order valence-corrected chi connectivity index (χ2v) is 4.53. The van der Waals surface area contributed by atoms with Crippen molar-refractivity contribution < 1.29 is 4.74 Å². The Balaban J connectivity index is 2.73. The number of benzene rings is 1. The van der Waals surface area contributed by atoms with E-state index in [1.807, 2.05) is 19.1 Å². The first-order chi connectivity index (χ1) is 6.40. The third-order valence-corrected chi connectivity index (χ3v) is 2.15. The van der Waals surface area contributed by atoms with Crippen LogP contribution < -0.4 is 5.73 Å². The molecule has 0 heterocycles. The predicted octanol–water partition coefficient (Wildman–Crippen LogP) is 2.89.